The third-order valence-electron chi connectivity index (χ3n) is 5.66. The van der Waals surface area contributed by atoms with Gasteiger partial charge in [0, 0.05) is 16.1 Å². The topological polar surface area (TPSA) is 42.2 Å². The van der Waals surface area contributed by atoms with Crippen molar-refractivity contribution < 1.29 is 9.90 Å². The Morgan fingerprint density at radius 3 is 2.69 bits per heavy atom. The van der Waals surface area contributed by atoms with Gasteiger partial charge in [0.15, 0.2) is 0 Å². The van der Waals surface area contributed by atoms with Crippen molar-refractivity contribution in [3.05, 3.63) is 76.1 Å². The minimum absolute atomic E-state index is 0.146. The summed E-state index contributed by atoms with van der Waals surface area (Å²) in [6.45, 7) is 2.20. The van der Waals surface area contributed by atoms with Gasteiger partial charge in [-0.05, 0) is 48.1 Å². The fourth-order valence-electron chi connectivity index (χ4n) is 4.61. The number of nitrogens with zero attached hydrogens (tertiary/aromatic N) is 1. The number of hydrogen-bond donors (Lipinski definition) is 1. The van der Waals surface area contributed by atoms with Crippen molar-refractivity contribution >= 4 is 34.0 Å². The highest BCUT2D eigenvalue weighted by Gasteiger charge is 2.41. The van der Waals surface area contributed by atoms with Crippen LogP contribution in [0, 0.1) is 5.92 Å². The van der Waals surface area contributed by atoms with E-state index < -0.39 is 0 Å². The van der Waals surface area contributed by atoms with Crippen molar-refractivity contribution in [1.82, 2.24) is 4.57 Å². The van der Waals surface area contributed by atoms with Crippen LogP contribution in [0.5, 0.6) is 0 Å². The molecular weight excluding hydrogens is 346 g/mol. The molecule has 0 spiro atoms. The standard InChI is InChI=1S/C22H18ClNO2/c1-12-9-16-15-11-14(23)7-8-18(15)24-20(16)17(10-12)21(25)19(22(24)26)13-5-3-2-4-6-13/h2-8,11-12,17,25H,9-10H2,1H3. The van der Waals surface area contributed by atoms with Gasteiger partial charge in [-0.1, -0.05) is 48.9 Å². The quantitative estimate of drug-likeness (QED) is 0.612. The van der Waals surface area contributed by atoms with E-state index in [1.54, 1.807) is 4.57 Å². The third-order valence-corrected chi connectivity index (χ3v) is 5.90. The van der Waals surface area contributed by atoms with Gasteiger partial charge in [-0.3, -0.25) is 9.36 Å². The fraction of sp³-hybridized carbons (Fsp3) is 0.227. The lowest BCUT2D eigenvalue weighted by atomic mass is 9.77. The van der Waals surface area contributed by atoms with Crippen LogP contribution in [-0.2, 0) is 6.42 Å². The second kappa shape index (κ2) is 5.49. The minimum atomic E-state index is -0.159. The number of carbonyl (C=O) groups excluding carboxylic acids is 1. The number of carbonyl (C=O) groups is 1. The highest BCUT2D eigenvalue weighted by atomic mass is 35.5. The van der Waals surface area contributed by atoms with Crippen LogP contribution < -0.4 is 0 Å². The second-order valence-corrected chi connectivity index (χ2v) is 7.83. The number of hydrogen-bond acceptors (Lipinski definition) is 2. The molecule has 0 saturated heterocycles. The summed E-state index contributed by atoms with van der Waals surface area (Å²) in [5.74, 6) is 0.328. The molecule has 0 fully saturated rings. The number of benzene rings is 2. The summed E-state index contributed by atoms with van der Waals surface area (Å²) in [5, 5.41) is 12.8. The van der Waals surface area contributed by atoms with Gasteiger partial charge in [0.2, 0.25) is 0 Å². The summed E-state index contributed by atoms with van der Waals surface area (Å²) in [5.41, 5.74) is 4.15. The summed E-state index contributed by atoms with van der Waals surface area (Å²) >= 11 is 6.24. The molecular formula is C22H18ClNO2. The fourth-order valence-corrected chi connectivity index (χ4v) is 4.78. The molecule has 3 nitrogen and oxygen atoms in total. The number of aromatic nitrogens is 1. The van der Waals surface area contributed by atoms with Crippen LogP contribution in [0.3, 0.4) is 0 Å². The van der Waals surface area contributed by atoms with E-state index in [1.165, 1.54) is 0 Å². The minimum Gasteiger partial charge on any atom is -0.511 e. The summed E-state index contributed by atoms with van der Waals surface area (Å²) in [6.07, 6.45) is 1.74. The number of allylic oxidation sites excluding steroid dienone is 2. The molecule has 2 aliphatic rings. The van der Waals surface area contributed by atoms with Crippen LogP contribution in [0.25, 0.3) is 16.5 Å². The Labute approximate surface area is 156 Å². The Hall–Kier alpha value is -2.52. The first kappa shape index (κ1) is 15.7. The normalized spacial score (nSPS) is 22.0. The average Bonchev–Trinajstić information content (AvgIpc) is 2.95. The Balaban J connectivity index is 1.85. The van der Waals surface area contributed by atoms with E-state index in [-0.39, 0.29) is 17.6 Å². The maximum Gasteiger partial charge on any atom is 0.266 e. The van der Waals surface area contributed by atoms with E-state index in [1.807, 2.05) is 48.5 Å². The van der Waals surface area contributed by atoms with Crippen LogP contribution in [-0.4, -0.2) is 15.6 Å². The zero-order valence-corrected chi connectivity index (χ0v) is 15.1. The molecule has 2 aromatic carbocycles. The molecule has 2 heterocycles. The van der Waals surface area contributed by atoms with E-state index in [0.29, 0.717) is 16.5 Å². The van der Waals surface area contributed by atoms with Gasteiger partial charge < -0.3 is 5.11 Å². The number of rotatable bonds is 1. The third kappa shape index (κ3) is 2.04. The lowest BCUT2D eigenvalue weighted by molar-refractivity contribution is 0.0966. The molecule has 1 aromatic heterocycles. The Morgan fingerprint density at radius 2 is 1.92 bits per heavy atom. The van der Waals surface area contributed by atoms with Gasteiger partial charge in [0.25, 0.3) is 5.91 Å². The zero-order valence-electron chi connectivity index (χ0n) is 14.4. The first-order valence-electron chi connectivity index (χ1n) is 8.92. The second-order valence-electron chi connectivity index (χ2n) is 7.39. The summed E-state index contributed by atoms with van der Waals surface area (Å²) in [6, 6.07) is 15.1. The molecule has 2 atom stereocenters. The molecule has 2 unspecified atom stereocenters. The maximum atomic E-state index is 13.4. The van der Waals surface area contributed by atoms with Crippen molar-refractivity contribution in [2.75, 3.05) is 0 Å². The molecule has 1 N–H and O–H groups in total. The molecule has 0 bridgehead atoms. The first-order chi connectivity index (χ1) is 12.6. The number of aliphatic hydroxyl groups is 1. The lowest BCUT2D eigenvalue weighted by Gasteiger charge is -2.33. The first-order valence-corrected chi connectivity index (χ1v) is 9.30. The molecule has 5 rings (SSSR count). The van der Waals surface area contributed by atoms with Crippen molar-refractivity contribution in [3.63, 3.8) is 0 Å². The largest absolute Gasteiger partial charge is 0.511 e. The SMILES string of the molecule is CC1Cc2c3n(c4ccc(Cl)cc24)C(=O)C(c2ccccc2)=C(O)C3C1. The number of aliphatic hydroxyl groups excluding tert-OH is 1. The molecule has 0 amide bonds. The van der Waals surface area contributed by atoms with Crippen LogP contribution in [0.15, 0.2) is 54.3 Å². The average molecular weight is 364 g/mol. The van der Waals surface area contributed by atoms with Gasteiger partial charge in [0.1, 0.15) is 5.76 Å². The molecule has 1 aliphatic carbocycles. The van der Waals surface area contributed by atoms with Gasteiger partial charge in [0.05, 0.1) is 17.0 Å². The Morgan fingerprint density at radius 1 is 1.15 bits per heavy atom. The number of halogens is 1. The van der Waals surface area contributed by atoms with E-state index >= 15 is 0 Å². The Kier molecular flexibility index (Phi) is 3.32. The van der Waals surface area contributed by atoms with Crippen molar-refractivity contribution in [1.29, 1.82) is 0 Å². The Bertz CT molecular complexity index is 1090. The van der Waals surface area contributed by atoms with Crippen LogP contribution in [0.2, 0.25) is 5.02 Å². The predicted molar refractivity (Wildman–Crippen MR) is 104 cm³/mol. The smallest absolute Gasteiger partial charge is 0.266 e. The van der Waals surface area contributed by atoms with Crippen molar-refractivity contribution in [2.45, 2.75) is 25.7 Å². The molecule has 4 heteroatoms. The van der Waals surface area contributed by atoms with Crippen LogP contribution in [0.1, 0.15) is 40.9 Å². The number of fused-ring (bicyclic) bond motifs is 3. The summed E-state index contributed by atoms with van der Waals surface area (Å²) < 4.78 is 1.81. The lowest BCUT2D eigenvalue weighted by Crippen LogP contribution is -2.30. The van der Waals surface area contributed by atoms with Crippen molar-refractivity contribution in [2.24, 2.45) is 5.92 Å². The highest BCUT2D eigenvalue weighted by Crippen LogP contribution is 2.48. The molecule has 0 saturated carbocycles. The molecule has 3 aromatic rings. The maximum absolute atomic E-state index is 13.4. The van der Waals surface area contributed by atoms with Crippen molar-refractivity contribution in [3.8, 4) is 0 Å². The van der Waals surface area contributed by atoms with Crippen LogP contribution >= 0.6 is 11.6 Å². The van der Waals surface area contributed by atoms with E-state index in [0.717, 1.165) is 40.6 Å². The van der Waals surface area contributed by atoms with E-state index in [2.05, 4.69) is 6.92 Å². The van der Waals surface area contributed by atoms with Gasteiger partial charge in [-0.25, -0.2) is 0 Å². The highest BCUT2D eigenvalue weighted by molar-refractivity contribution is 6.31. The molecule has 130 valence electrons. The molecule has 1 aliphatic heterocycles. The zero-order chi connectivity index (χ0) is 18.0. The van der Waals surface area contributed by atoms with Crippen LogP contribution in [0.4, 0.5) is 0 Å². The van der Waals surface area contributed by atoms with Gasteiger partial charge >= 0.3 is 0 Å². The van der Waals surface area contributed by atoms with Gasteiger partial charge in [-0.2, -0.15) is 0 Å². The van der Waals surface area contributed by atoms with Gasteiger partial charge in [-0.15, -0.1) is 0 Å². The monoisotopic (exact) mass is 363 g/mol. The predicted octanol–water partition coefficient (Wildman–Crippen LogP) is 5.58. The molecule has 0 radical (unpaired) electrons. The van der Waals surface area contributed by atoms with E-state index in [4.69, 9.17) is 11.6 Å². The summed E-state index contributed by atoms with van der Waals surface area (Å²) in [4.78, 5) is 13.4. The van der Waals surface area contributed by atoms with E-state index in [9.17, 15) is 9.90 Å². The summed E-state index contributed by atoms with van der Waals surface area (Å²) in [7, 11) is 0. The molecule has 26 heavy (non-hydrogen) atoms.